The Kier molecular flexibility index (Phi) is 2.92. The van der Waals surface area contributed by atoms with Gasteiger partial charge in [-0.05, 0) is 34.5 Å². The smallest absolute Gasteiger partial charge is 0.229 e. The Morgan fingerprint density at radius 1 is 1.54 bits per heavy atom. The first-order chi connectivity index (χ1) is 5.88. The second-order valence-corrected chi connectivity index (χ2v) is 5.22. The van der Waals surface area contributed by atoms with Crippen molar-refractivity contribution in [2.75, 3.05) is 11.0 Å². The normalized spacial score (nSPS) is 11.3. The zero-order valence-electron chi connectivity index (χ0n) is 7.20. The molecule has 0 aliphatic rings. The van der Waals surface area contributed by atoms with E-state index in [0.717, 1.165) is 11.8 Å². The molecule has 13 heavy (non-hydrogen) atoms. The quantitative estimate of drug-likeness (QED) is 0.825. The first-order valence-corrected chi connectivity index (χ1v) is 6.17. The standard InChI is InChI=1S/C7H9BrN2O2S/c1-5-3-6(7(8)9-4-5)10-13(2,11)12/h3-4,10H,1-2H3. The lowest BCUT2D eigenvalue weighted by Crippen LogP contribution is -2.10. The van der Waals surface area contributed by atoms with Crippen molar-refractivity contribution in [3.8, 4) is 0 Å². The summed E-state index contributed by atoms with van der Waals surface area (Å²) in [5.41, 5.74) is 1.36. The van der Waals surface area contributed by atoms with E-state index in [1.807, 2.05) is 6.92 Å². The van der Waals surface area contributed by atoms with Crippen LogP contribution < -0.4 is 4.72 Å². The van der Waals surface area contributed by atoms with Gasteiger partial charge in [-0.2, -0.15) is 0 Å². The highest BCUT2D eigenvalue weighted by Crippen LogP contribution is 2.20. The van der Waals surface area contributed by atoms with Crippen LogP contribution in [0.2, 0.25) is 0 Å². The SMILES string of the molecule is Cc1cnc(Br)c(NS(C)(=O)=O)c1. The maximum atomic E-state index is 10.9. The third-order valence-corrected chi connectivity index (χ3v) is 2.49. The van der Waals surface area contributed by atoms with Crippen molar-refractivity contribution in [2.45, 2.75) is 6.92 Å². The van der Waals surface area contributed by atoms with Gasteiger partial charge in [0, 0.05) is 6.20 Å². The van der Waals surface area contributed by atoms with Gasteiger partial charge in [-0.3, -0.25) is 4.72 Å². The molecule has 0 radical (unpaired) electrons. The lowest BCUT2D eigenvalue weighted by Gasteiger charge is -2.05. The minimum absolute atomic E-state index is 0.461. The molecule has 0 aromatic carbocycles. The van der Waals surface area contributed by atoms with Gasteiger partial charge in [0.05, 0.1) is 11.9 Å². The van der Waals surface area contributed by atoms with Crippen LogP contribution in [0.25, 0.3) is 0 Å². The van der Waals surface area contributed by atoms with E-state index in [4.69, 9.17) is 0 Å². The van der Waals surface area contributed by atoms with Crippen LogP contribution in [-0.2, 0) is 10.0 Å². The molecular formula is C7H9BrN2O2S. The van der Waals surface area contributed by atoms with Gasteiger partial charge in [-0.1, -0.05) is 0 Å². The summed E-state index contributed by atoms with van der Waals surface area (Å²) in [7, 11) is -3.24. The Balaban J connectivity index is 3.08. The minimum Gasteiger partial charge on any atom is -0.281 e. The number of pyridine rings is 1. The summed E-state index contributed by atoms with van der Waals surface area (Å²) in [5.74, 6) is 0. The van der Waals surface area contributed by atoms with E-state index in [1.54, 1.807) is 12.3 Å². The largest absolute Gasteiger partial charge is 0.281 e. The summed E-state index contributed by atoms with van der Waals surface area (Å²) < 4.78 is 24.7. The van der Waals surface area contributed by atoms with Crippen LogP contribution in [0.15, 0.2) is 16.9 Å². The number of rotatable bonds is 2. The zero-order valence-corrected chi connectivity index (χ0v) is 9.61. The van der Waals surface area contributed by atoms with Crippen LogP contribution >= 0.6 is 15.9 Å². The Bertz CT molecular complexity index is 417. The minimum atomic E-state index is -3.24. The molecule has 0 atom stereocenters. The Morgan fingerprint density at radius 2 is 2.15 bits per heavy atom. The average molecular weight is 265 g/mol. The molecule has 72 valence electrons. The highest BCUT2D eigenvalue weighted by atomic mass is 79.9. The zero-order chi connectivity index (χ0) is 10.1. The van der Waals surface area contributed by atoms with Crippen molar-refractivity contribution < 1.29 is 8.42 Å². The fraction of sp³-hybridized carbons (Fsp3) is 0.286. The van der Waals surface area contributed by atoms with Crippen molar-refractivity contribution >= 4 is 31.6 Å². The molecule has 1 N–H and O–H groups in total. The number of nitrogens with zero attached hydrogens (tertiary/aromatic N) is 1. The number of hydrogen-bond acceptors (Lipinski definition) is 3. The summed E-state index contributed by atoms with van der Waals surface area (Å²) in [5, 5.41) is 0. The third-order valence-electron chi connectivity index (χ3n) is 1.27. The molecule has 6 heteroatoms. The topological polar surface area (TPSA) is 59.1 Å². The molecule has 0 aliphatic carbocycles. The number of aryl methyl sites for hydroxylation is 1. The van der Waals surface area contributed by atoms with E-state index >= 15 is 0 Å². The van der Waals surface area contributed by atoms with Crippen LogP contribution in [0.5, 0.6) is 0 Å². The molecule has 0 saturated heterocycles. The number of aromatic nitrogens is 1. The second kappa shape index (κ2) is 3.63. The van der Waals surface area contributed by atoms with Crippen LogP contribution in [0.1, 0.15) is 5.56 Å². The van der Waals surface area contributed by atoms with Crippen LogP contribution in [-0.4, -0.2) is 19.7 Å². The number of sulfonamides is 1. The third kappa shape index (κ3) is 3.31. The fourth-order valence-corrected chi connectivity index (χ4v) is 1.83. The molecule has 0 spiro atoms. The Morgan fingerprint density at radius 3 is 2.69 bits per heavy atom. The number of halogens is 1. The van der Waals surface area contributed by atoms with Gasteiger partial charge in [0.1, 0.15) is 4.60 Å². The first kappa shape index (κ1) is 10.5. The van der Waals surface area contributed by atoms with Crippen LogP contribution in [0, 0.1) is 6.92 Å². The number of nitrogens with one attached hydrogen (secondary N) is 1. The molecule has 0 amide bonds. The van der Waals surface area contributed by atoms with Gasteiger partial charge in [-0.25, -0.2) is 13.4 Å². The lowest BCUT2D eigenvalue weighted by molar-refractivity contribution is 0.606. The van der Waals surface area contributed by atoms with Crippen molar-refractivity contribution in [3.63, 3.8) is 0 Å². The van der Waals surface area contributed by atoms with E-state index in [9.17, 15) is 8.42 Å². The van der Waals surface area contributed by atoms with E-state index in [-0.39, 0.29) is 0 Å². The maximum absolute atomic E-state index is 10.9. The average Bonchev–Trinajstić information content (AvgIpc) is 1.94. The van der Waals surface area contributed by atoms with E-state index in [0.29, 0.717) is 10.3 Å². The Hall–Kier alpha value is -0.620. The van der Waals surface area contributed by atoms with Crippen molar-refractivity contribution in [1.82, 2.24) is 4.98 Å². The van der Waals surface area contributed by atoms with E-state index < -0.39 is 10.0 Å². The lowest BCUT2D eigenvalue weighted by atomic mass is 10.3. The van der Waals surface area contributed by atoms with Crippen LogP contribution in [0.3, 0.4) is 0 Å². The van der Waals surface area contributed by atoms with Gasteiger partial charge in [0.2, 0.25) is 10.0 Å². The molecule has 1 rings (SSSR count). The molecule has 1 heterocycles. The molecular weight excluding hydrogens is 256 g/mol. The first-order valence-electron chi connectivity index (χ1n) is 3.48. The van der Waals surface area contributed by atoms with Crippen molar-refractivity contribution in [1.29, 1.82) is 0 Å². The summed E-state index contributed by atoms with van der Waals surface area (Å²) in [6.45, 7) is 1.84. The molecule has 0 unspecified atom stereocenters. The second-order valence-electron chi connectivity index (χ2n) is 2.73. The van der Waals surface area contributed by atoms with Gasteiger partial charge < -0.3 is 0 Å². The molecule has 1 aromatic rings. The highest BCUT2D eigenvalue weighted by molar-refractivity contribution is 9.10. The molecule has 0 bridgehead atoms. The monoisotopic (exact) mass is 264 g/mol. The molecule has 0 saturated carbocycles. The highest BCUT2D eigenvalue weighted by Gasteiger charge is 2.06. The van der Waals surface area contributed by atoms with Gasteiger partial charge in [0.25, 0.3) is 0 Å². The van der Waals surface area contributed by atoms with Crippen LogP contribution in [0.4, 0.5) is 5.69 Å². The summed E-state index contributed by atoms with van der Waals surface area (Å²) >= 11 is 3.15. The summed E-state index contributed by atoms with van der Waals surface area (Å²) in [6, 6.07) is 1.71. The molecule has 1 aromatic heterocycles. The van der Waals surface area contributed by atoms with Gasteiger partial charge >= 0.3 is 0 Å². The fourth-order valence-electron chi connectivity index (χ4n) is 0.824. The van der Waals surface area contributed by atoms with Crippen molar-refractivity contribution in [3.05, 3.63) is 22.4 Å². The number of hydrogen-bond donors (Lipinski definition) is 1. The van der Waals surface area contributed by atoms with E-state index in [2.05, 4.69) is 25.6 Å². The summed E-state index contributed by atoms with van der Waals surface area (Å²) in [4.78, 5) is 3.95. The summed E-state index contributed by atoms with van der Waals surface area (Å²) in [6.07, 6.45) is 2.75. The molecule has 0 fully saturated rings. The molecule has 0 aliphatic heterocycles. The van der Waals surface area contributed by atoms with Gasteiger partial charge in [0.15, 0.2) is 0 Å². The van der Waals surface area contributed by atoms with Crippen molar-refractivity contribution in [2.24, 2.45) is 0 Å². The maximum Gasteiger partial charge on any atom is 0.229 e. The van der Waals surface area contributed by atoms with E-state index in [1.165, 1.54) is 0 Å². The predicted octanol–water partition coefficient (Wildman–Crippen LogP) is 1.52. The predicted molar refractivity (Wildman–Crippen MR) is 55.1 cm³/mol. The van der Waals surface area contributed by atoms with Gasteiger partial charge in [-0.15, -0.1) is 0 Å². The number of anilines is 1. The Labute approximate surface area is 85.6 Å². The molecule has 4 nitrogen and oxygen atoms in total.